The number of hydrogen-bond donors (Lipinski definition) is 2. The lowest BCUT2D eigenvalue weighted by Gasteiger charge is -2.35. The zero-order chi connectivity index (χ0) is 13.5. The highest BCUT2D eigenvalue weighted by atomic mass is 16.2. The van der Waals surface area contributed by atoms with Crippen LogP contribution in [-0.4, -0.2) is 18.4 Å². The molecular weight excluding hydrogens is 240 g/mol. The van der Waals surface area contributed by atoms with Crippen molar-refractivity contribution in [1.29, 1.82) is 0 Å². The Kier molecular flexibility index (Phi) is 2.52. The Morgan fingerprint density at radius 1 is 1.00 bits per heavy atom. The first-order chi connectivity index (χ1) is 9.10. The normalized spacial score (nSPS) is 23.0. The Bertz CT molecular complexity index is 675. The molecule has 3 rings (SSSR count). The molecule has 1 unspecified atom stereocenters. The molecule has 1 fully saturated rings. The topological polar surface area (TPSA) is 58.2 Å². The molecule has 4 heteroatoms. The molecule has 0 bridgehead atoms. The minimum Gasteiger partial charge on any atom is -0.345 e. The minimum atomic E-state index is -0.582. The molecule has 1 aliphatic heterocycles. The molecule has 0 aliphatic carbocycles. The van der Waals surface area contributed by atoms with E-state index in [9.17, 15) is 9.59 Å². The van der Waals surface area contributed by atoms with E-state index >= 15 is 0 Å². The number of hydrogen-bond acceptors (Lipinski definition) is 2. The Morgan fingerprint density at radius 3 is 2.53 bits per heavy atom. The first-order valence-electron chi connectivity index (χ1n) is 6.19. The van der Waals surface area contributed by atoms with Crippen LogP contribution in [0.2, 0.25) is 0 Å². The zero-order valence-corrected chi connectivity index (χ0v) is 10.6. The van der Waals surface area contributed by atoms with Crippen molar-refractivity contribution < 1.29 is 9.59 Å². The third-order valence-electron chi connectivity index (χ3n) is 3.58. The summed E-state index contributed by atoms with van der Waals surface area (Å²) in [5.74, 6) is -1.15. The quantitative estimate of drug-likeness (QED) is 0.754. The van der Waals surface area contributed by atoms with Crippen molar-refractivity contribution in [3.63, 3.8) is 0 Å². The van der Waals surface area contributed by atoms with Gasteiger partial charge in [0.1, 0.15) is 0 Å². The van der Waals surface area contributed by atoms with Gasteiger partial charge in [-0.3, -0.25) is 9.59 Å². The maximum absolute atomic E-state index is 11.6. The number of nitrogens with one attached hydrogen (secondary N) is 2. The molecular formula is C15H14N2O2. The van der Waals surface area contributed by atoms with E-state index in [-0.39, 0.29) is 0 Å². The van der Waals surface area contributed by atoms with Gasteiger partial charge in [-0.05, 0) is 23.3 Å². The highest BCUT2D eigenvalue weighted by Gasteiger charge is 2.36. The molecule has 19 heavy (non-hydrogen) atoms. The van der Waals surface area contributed by atoms with Gasteiger partial charge in [-0.1, -0.05) is 42.5 Å². The van der Waals surface area contributed by atoms with Crippen molar-refractivity contribution >= 4 is 22.6 Å². The van der Waals surface area contributed by atoms with E-state index in [1.54, 1.807) is 0 Å². The summed E-state index contributed by atoms with van der Waals surface area (Å²) in [5.41, 5.74) is 0.435. The van der Waals surface area contributed by atoms with Crippen LogP contribution >= 0.6 is 0 Å². The lowest BCUT2D eigenvalue weighted by atomic mass is 9.86. The van der Waals surface area contributed by atoms with Gasteiger partial charge in [-0.15, -0.1) is 0 Å². The third kappa shape index (κ3) is 1.85. The second-order valence-electron chi connectivity index (χ2n) is 5.00. The average molecular weight is 254 g/mol. The second-order valence-corrected chi connectivity index (χ2v) is 5.00. The molecule has 1 atom stereocenters. The lowest BCUT2D eigenvalue weighted by Crippen LogP contribution is -2.60. The van der Waals surface area contributed by atoms with Crippen LogP contribution in [0.3, 0.4) is 0 Å². The summed E-state index contributed by atoms with van der Waals surface area (Å²) >= 11 is 0. The molecule has 0 spiro atoms. The molecule has 1 aliphatic rings. The van der Waals surface area contributed by atoms with Gasteiger partial charge in [0.2, 0.25) is 0 Å². The number of fused-ring (bicyclic) bond motifs is 1. The summed E-state index contributed by atoms with van der Waals surface area (Å²) in [7, 11) is 0. The van der Waals surface area contributed by atoms with Crippen molar-refractivity contribution in [3.05, 3.63) is 48.0 Å². The first-order valence-corrected chi connectivity index (χ1v) is 6.19. The molecule has 0 aromatic heterocycles. The van der Waals surface area contributed by atoms with E-state index in [2.05, 4.69) is 10.6 Å². The first kappa shape index (κ1) is 11.7. The Morgan fingerprint density at radius 2 is 1.74 bits per heavy atom. The highest BCUT2D eigenvalue weighted by Crippen LogP contribution is 2.29. The molecule has 4 nitrogen and oxygen atoms in total. The number of amides is 2. The van der Waals surface area contributed by atoms with Crippen molar-refractivity contribution in [3.8, 4) is 0 Å². The lowest BCUT2D eigenvalue weighted by molar-refractivity contribution is -0.142. The third-order valence-corrected chi connectivity index (χ3v) is 3.58. The van der Waals surface area contributed by atoms with Gasteiger partial charge >= 0.3 is 11.8 Å². The van der Waals surface area contributed by atoms with E-state index in [1.807, 2.05) is 49.4 Å². The van der Waals surface area contributed by atoms with Crippen LogP contribution in [0.5, 0.6) is 0 Å². The van der Waals surface area contributed by atoms with Gasteiger partial charge < -0.3 is 10.6 Å². The van der Waals surface area contributed by atoms with Crippen LogP contribution < -0.4 is 10.6 Å². The number of rotatable bonds is 1. The van der Waals surface area contributed by atoms with Gasteiger partial charge in [0, 0.05) is 6.54 Å². The van der Waals surface area contributed by atoms with Crippen molar-refractivity contribution in [1.82, 2.24) is 10.6 Å². The second kappa shape index (κ2) is 4.09. The summed E-state index contributed by atoms with van der Waals surface area (Å²) in [6, 6.07) is 14.0. The number of benzene rings is 2. The largest absolute Gasteiger partial charge is 0.345 e. The van der Waals surface area contributed by atoms with Gasteiger partial charge in [0.05, 0.1) is 5.54 Å². The molecule has 1 heterocycles. The Balaban J connectivity index is 2.14. The summed E-state index contributed by atoms with van der Waals surface area (Å²) < 4.78 is 0. The molecule has 1 saturated heterocycles. The van der Waals surface area contributed by atoms with Crippen LogP contribution in [0, 0.1) is 0 Å². The summed E-state index contributed by atoms with van der Waals surface area (Å²) in [6.45, 7) is 2.32. The fourth-order valence-electron chi connectivity index (χ4n) is 2.56. The number of piperazine rings is 1. The smallest absolute Gasteiger partial charge is 0.310 e. The van der Waals surface area contributed by atoms with Gasteiger partial charge in [-0.2, -0.15) is 0 Å². The molecule has 2 N–H and O–H groups in total. The van der Waals surface area contributed by atoms with Gasteiger partial charge in [0.25, 0.3) is 0 Å². The monoisotopic (exact) mass is 254 g/mol. The van der Waals surface area contributed by atoms with Crippen LogP contribution in [0.15, 0.2) is 42.5 Å². The highest BCUT2D eigenvalue weighted by molar-refractivity contribution is 6.35. The summed E-state index contributed by atoms with van der Waals surface area (Å²) in [6.07, 6.45) is 0. The number of carbonyl (C=O) groups is 2. The summed E-state index contributed by atoms with van der Waals surface area (Å²) in [4.78, 5) is 22.8. The molecule has 0 saturated carbocycles. The van der Waals surface area contributed by atoms with E-state index in [4.69, 9.17) is 0 Å². The average Bonchev–Trinajstić information content (AvgIpc) is 2.43. The maximum atomic E-state index is 11.6. The van der Waals surface area contributed by atoms with E-state index in [0.29, 0.717) is 6.54 Å². The minimum absolute atomic E-state index is 0.394. The number of carbonyl (C=O) groups excluding carboxylic acids is 2. The maximum Gasteiger partial charge on any atom is 0.310 e. The fraction of sp³-hybridized carbons (Fsp3) is 0.200. The van der Waals surface area contributed by atoms with Crippen LogP contribution in [0.1, 0.15) is 12.5 Å². The Hall–Kier alpha value is -2.36. The SMILES string of the molecule is CC1(c2cccc3ccccc23)CNC(=O)C(=O)N1. The van der Waals surface area contributed by atoms with Gasteiger partial charge in [-0.25, -0.2) is 0 Å². The fourth-order valence-corrected chi connectivity index (χ4v) is 2.56. The van der Waals surface area contributed by atoms with E-state index < -0.39 is 17.4 Å². The molecule has 0 radical (unpaired) electrons. The molecule has 2 amide bonds. The molecule has 2 aromatic carbocycles. The zero-order valence-electron chi connectivity index (χ0n) is 10.6. The molecule has 2 aromatic rings. The van der Waals surface area contributed by atoms with Gasteiger partial charge in [0.15, 0.2) is 0 Å². The van der Waals surface area contributed by atoms with Crippen molar-refractivity contribution in [2.45, 2.75) is 12.5 Å². The van der Waals surface area contributed by atoms with E-state index in [1.165, 1.54) is 0 Å². The van der Waals surface area contributed by atoms with Crippen LogP contribution in [-0.2, 0) is 15.1 Å². The molecule has 96 valence electrons. The summed E-state index contributed by atoms with van der Waals surface area (Å²) in [5, 5.41) is 7.64. The predicted octanol–water partition coefficient (Wildman–Crippen LogP) is 1.30. The predicted molar refractivity (Wildman–Crippen MR) is 72.5 cm³/mol. The standard InChI is InChI=1S/C15H14N2O2/c1-15(9-16-13(18)14(19)17-15)12-8-4-6-10-5-2-3-7-11(10)12/h2-8H,9H2,1H3,(H,16,18)(H,17,19). The van der Waals surface area contributed by atoms with Crippen LogP contribution in [0.25, 0.3) is 10.8 Å². The Labute approximate surface area is 110 Å². The van der Waals surface area contributed by atoms with Crippen LogP contribution in [0.4, 0.5) is 0 Å². The van der Waals surface area contributed by atoms with Crippen molar-refractivity contribution in [2.75, 3.05) is 6.54 Å². The van der Waals surface area contributed by atoms with Crippen molar-refractivity contribution in [2.24, 2.45) is 0 Å². The van der Waals surface area contributed by atoms with E-state index in [0.717, 1.165) is 16.3 Å².